The molecule has 0 fully saturated rings. The SMILES string of the molecule is CC.COc1c[nH]c2ccccc12. The number of hydrogen-bond donors (Lipinski definition) is 1. The quantitative estimate of drug-likeness (QED) is 0.710. The van der Waals surface area contributed by atoms with Crippen molar-refractivity contribution < 1.29 is 4.74 Å². The van der Waals surface area contributed by atoms with Gasteiger partial charge in [-0.25, -0.2) is 0 Å². The Morgan fingerprint density at radius 2 is 1.85 bits per heavy atom. The number of aromatic nitrogens is 1. The summed E-state index contributed by atoms with van der Waals surface area (Å²) < 4.78 is 5.14. The number of methoxy groups -OCH3 is 1. The molecule has 0 bridgehead atoms. The third-order valence-corrected chi connectivity index (χ3v) is 1.77. The number of rotatable bonds is 1. The van der Waals surface area contributed by atoms with Crippen LogP contribution in [0.1, 0.15) is 13.8 Å². The van der Waals surface area contributed by atoms with E-state index in [0.717, 1.165) is 16.7 Å². The molecule has 0 amide bonds. The van der Waals surface area contributed by atoms with E-state index in [9.17, 15) is 0 Å². The molecular weight excluding hydrogens is 162 g/mol. The Morgan fingerprint density at radius 1 is 1.15 bits per heavy atom. The maximum Gasteiger partial charge on any atom is 0.144 e. The Labute approximate surface area is 78.5 Å². The van der Waals surface area contributed by atoms with Crippen molar-refractivity contribution >= 4 is 10.9 Å². The van der Waals surface area contributed by atoms with E-state index in [1.165, 1.54) is 0 Å². The van der Waals surface area contributed by atoms with Crippen LogP contribution in [0.5, 0.6) is 5.75 Å². The molecule has 2 nitrogen and oxygen atoms in total. The molecule has 13 heavy (non-hydrogen) atoms. The predicted octanol–water partition coefficient (Wildman–Crippen LogP) is 3.20. The minimum Gasteiger partial charge on any atom is -0.495 e. The van der Waals surface area contributed by atoms with Crippen LogP contribution in [0, 0.1) is 0 Å². The monoisotopic (exact) mass is 177 g/mol. The summed E-state index contributed by atoms with van der Waals surface area (Å²) in [5.74, 6) is 0.903. The molecule has 0 spiro atoms. The predicted molar refractivity (Wildman–Crippen MR) is 56.2 cm³/mol. The summed E-state index contributed by atoms with van der Waals surface area (Å²) in [5.41, 5.74) is 1.12. The van der Waals surface area contributed by atoms with Crippen LogP contribution in [-0.4, -0.2) is 12.1 Å². The Balaban J connectivity index is 0.000000396. The van der Waals surface area contributed by atoms with Crippen molar-refractivity contribution in [2.75, 3.05) is 7.11 Å². The minimum absolute atomic E-state index is 0.903. The Morgan fingerprint density at radius 3 is 2.54 bits per heavy atom. The van der Waals surface area contributed by atoms with Gasteiger partial charge in [0.25, 0.3) is 0 Å². The molecule has 70 valence electrons. The fourth-order valence-electron chi connectivity index (χ4n) is 1.21. The normalized spacial score (nSPS) is 9.15. The summed E-state index contributed by atoms with van der Waals surface area (Å²) in [7, 11) is 1.68. The van der Waals surface area contributed by atoms with Crippen LogP contribution in [0.2, 0.25) is 0 Å². The molecular formula is C11H15NO. The third-order valence-electron chi connectivity index (χ3n) is 1.77. The van der Waals surface area contributed by atoms with Gasteiger partial charge in [0, 0.05) is 17.1 Å². The van der Waals surface area contributed by atoms with Crippen molar-refractivity contribution in [1.82, 2.24) is 4.98 Å². The van der Waals surface area contributed by atoms with Crippen LogP contribution >= 0.6 is 0 Å². The van der Waals surface area contributed by atoms with Crippen LogP contribution < -0.4 is 4.74 Å². The number of aromatic amines is 1. The van der Waals surface area contributed by atoms with Crippen LogP contribution in [0.15, 0.2) is 30.5 Å². The smallest absolute Gasteiger partial charge is 0.144 e. The lowest BCUT2D eigenvalue weighted by molar-refractivity contribution is 0.419. The van der Waals surface area contributed by atoms with E-state index in [0.29, 0.717) is 0 Å². The number of H-pyrrole nitrogens is 1. The van der Waals surface area contributed by atoms with E-state index in [-0.39, 0.29) is 0 Å². The Bertz CT molecular complexity index is 365. The summed E-state index contributed by atoms with van der Waals surface area (Å²) >= 11 is 0. The first-order chi connectivity index (χ1) is 6.42. The zero-order valence-corrected chi connectivity index (χ0v) is 8.29. The maximum atomic E-state index is 5.14. The summed E-state index contributed by atoms with van der Waals surface area (Å²) in [6.07, 6.45) is 1.87. The van der Waals surface area contributed by atoms with Crippen molar-refractivity contribution in [3.63, 3.8) is 0 Å². The largest absolute Gasteiger partial charge is 0.495 e. The van der Waals surface area contributed by atoms with Gasteiger partial charge in [-0.3, -0.25) is 0 Å². The lowest BCUT2D eigenvalue weighted by Gasteiger charge is -1.93. The van der Waals surface area contributed by atoms with Crippen molar-refractivity contribution in [2.45, 2.75) is 13.8 Å². The highest BCUT2D eigenvalue weighted by atomic mass is 16.5. The average molecular weight is 177 g/mol. The standard InChI is InChI=1S/C9H9NO.C2H6/c1-11-9-6-10-8-5-3-2-4-7(8)9;1-2/h2-6,10H,1H3;1-2H3. The molecule has 2 heteroatoms. The number of fused-ring (bicyclic) bond motifs is 1. The number of para-hydroxylation sites is 1. The van der Waals surface area contributed by atoms with Gasteiger partial charge >= 0.3 is 0 Å². The lowest BCUT2D eigenvalue weighted by atomic mass is 10.2. The molecule has 0 saturated carbocycles. The number of hydrogen-bond acceptors (Lipinski definition) is 1. The van der Waals surface area contributed by atoms with Crippen LogP contribution in [0.4, 0.5) is 0 Å². The van der Waals surface area contributed by atoms with Crippen molar-refractivity contribution in [3.8, 4) is 5.75 Å². The highest BCUT2D eigenvalue weighted by Gasteiger charge is 1.99. The van der Waals surface area contributed by atoms with Crippen molar-refractivity contribution in [1.29, 1.82) is 0 Å². The molecule has 0 aliphatic carbocycles. The van der Waals surface area contributed by atoms with Crippen LogP contribution in [-0.2, 0) is 0 Å². The molecule has 0 atom stereocenters. The van der Waals surface area contributed by atoms with Crippen LogP contribution in [0.25, 0.3) is 10.9 Å². The molecule has 1 aromatic carbocycles. The molecule has 1 N–H and O–H groups in total. The second-order valence-corrected chi connectivity index (χ2v) is 2.40. The molecule has 1 aromatic heterocycles. The van der Waals surface area contributed by atoms with E-state index in [4.69, 9.17) is 4.74 Å². The summed E-state index contributed by atoms with van der Waals surface area (Å²) in [4.78, 5) is 3.11. The molecule has 2 rings (SSSR count). The second kappa shape index (κ2) is 4.55. The summed E-state index contributed by atoms with van der Waals surface area (Å²) in [5, 5.41) is 1.13. The van der Waals surface area contributed by atoms with E-state index in [1.807, 2.05) is 44.3 Å². The van der Waals surface area contributed by atoms with Crippen molar-refractivity contribution in [2.24, 2.45) is 0 Å². The first kappa shape index (κ1) is 9.65. The molecule has 0 aliphatic heterocycles. The Kier molecular flexibility index (Phi) is 3.38. The molecule has 0 radical (unpaired) electrons. The summed E-state index contributed by atoms with van der Waals surface area (Å²) in [6.45, 7) is 4.00. The minimum atomic E-state index is 0.903. The Hall–Kier alpha value is -1.44. The molecule has 2 aromatic rings. The van der Waals surface area contributed by atoms with Gasteiger partial charge in [0.15, 0.2) is 0 Å². The van der Waals surface area contributed by atoms with Crippen LogP contribution in [0.3, 0.4) is 0 Å². The van der Waals surface area contributed by atoms with Crippen molar-refractivity contribution in [3.05, 3.63) is 30.5 Å². The number of nitrogens with one attached hydrogen (secondary N) is 1. The van der Waals surface area contributed by atoms with Gasteiger partial charge in [0.05, 0.1) is 7.11 Å². The highest BCUT2D eigenvalue weighted by molar-refractivity contribution is 5.85. The topological polar surface area (TPSA) is 25.0 Å². The van der Waals surface area contributed by atoms with Gasteiger partial charge in [-0.1, -0.05) is 26.0 Å². The van der Waals surface area contributed by atoms with E-state index >= 15 is 0 Å². The van der Waals surface area contributed by atoms with Gasteiger partial charge in [0.1, 0.15) is 5.75 Å². The van der Waals surface area contributed by atoms with E-state index in [2.05, 4.69) is 4.98 Å². The molecule has 0 unspecified atom stereocenters. The first-order valence-corrected chi connectivity index (χ1v) is 4.52. The lowest BCUT2D eigenvalue weighted by Crippen LogP contribution is -1.77. The summed E-state index contributed by atoms with van der Waals surface area (Å²) in [6, 6.07) is 8.06. The van der Waals surface area contributed by atoms with Gasteiger partial charge in [-0.05, 0) is 12.1 Å². The van der Waals surface area contributed by atoms with Gasteiger partial charge < -0.3 is 9.72 Å². The molecule has 0 aliphatic rings. The highest BCUT2D eigenvalue weighted by Crippen LogP contribution is 2.23. The average Bonchev–Trinajstić information content (AvgIpc) is 2.64. The fourth-order valence-corrected chi connectivity index (χ4v) is 1.21. The zero-order chi connectivity index (χ0) is 9.68. The second-order valence-electron chi connectivity index (χ2n) is 2.40. The number of ether oxygens (including phenoxy) is 1. The van der Waals surface area contributed by atoms with Gasteiger partial charge in [-0.2, -0.15) is 0 Å². The third kappa shape index (κ3) is 1.83. The zero-order valence-electron chi connectivity index (χ0n) is 8.29. The maximum absolute atomic E-state index is 5.14. The van der Waals surface area contributed by atoms with Gasteiger partial charge in [-0.15, -0.1) is 0 Å². The molecule has 1 heterocycles. The van der Waals surface area contributed by atoms with Gasteiger partial charge in [0.2, 0.25) is 0 Å². The van der Waals surface area contributed by atoms with E-state index < -0.39 is 0 Å². The fraction of sp³-hybridized carbons (Fsp3) is 0.273. The van der Waals surface area contributed by atoms with E-state index in [1.54, 1.807) is 7.11 Å². The molecule has 0 saturated heterocycles. The number of benzene rings is 1. The first-order valence-electron chi connectivity index (χ1n) is 4.52.